The van der Waals surface area contributed by atoms with E-state index in [9.17, 15) is 19.1 Å². The number of rotatable bonds is 9. The van der Waals surface area contributed by atoms with Crippen molar-refractivity contribution in [2.45, 2.75) is 19.9 Å². The van der Waals surface area contributed by atoms with E-state index in [0.717, 1.165) is 18.7 Å². The van der Waals surface area contributed by atoms with E-state index >= 15 is 0 Å². The number of likely N-dealkylation sites (N-methyl/N-ethyl adjacent to an activating group) is 1. The molecule has 1 amide bonds. The Balaban J connectivity index is 1.94. The van der Waals surface area contributed by atoms with Gasteiger partial charge in [0.1, 0.15) is 5.82 Å². The zero-order chi connectivity index (χ0) is 22.4. The zero-order valence-corrected chi connectivity index (χ0v) is 17.8. The number of hydrogen-bond donors (Lipinski definition) is 1. The van der Waals surface area contributed by atoms with Gasteiger partial charge in [-0.15, -0.1) is 0 Å². The second-order valence-electron chi connectivity index (χ2n) is 7.51. The van der Waals surface area contributed by atoms with Crippen molar-refractivity contribution in [3.05, 3.63) is 88.9 Å². The van der Waals surface area contributed by atoms with Gasteiger partial charge in [-0.1, -0.05) is 48.5 Å². The van der Waals surface area contributed by atoms with Crippen molar-refractivity contribution < 1.29 is 24.0 Å². The number of allylic oxidation sites excluding steroid dienone is 1. The van der Waals surface area contributed by atoms with Gasteiger partial charge in [-0.2, -0.15) is 0 Å². The van der Waals surface area contributed by atoms with Crippen LogP contribution >= 0.6 is 0 Å². The molecule has 0 bridgehead atoms. The molecule has 31 heavy (non-hydrogen) atoms. The lowest BCUT2D eigenvalue weighted by atomic mass is 9.95. The third kappa shape index (κ3) is 5.09. The summed E-state index contributed by atoms with van der Waals surface area (Å²) in [5.74, 6) is -2.39. The molecule has 2 aromatic rings. The van der Waals surface area contributed by atoms with Crippen molar-refractivity contribution >= 4 is 17.8 Å². The number of quaternary nitrogens is 1. The van der Waals surface area contributed by atoms with Gasteiger partial charge in [-0.05, 0) is 48.9 Å². The first-order valence-corrected chi connectivity index (χ1v) is 10.5. The molecule has 1 atom stereocenters. The lowest BCUT2D eigenvalue weighted by molar-refractivity contribution is -0.895. The summed E-state index contributed by atoms with van der Waals surface area (Å²) in [6, 6.07) is 14.0. The summed E-state index contributed by atoms with van der Waals surface area (Å²) in [4.78, 5) is 28.6. The van der Waals surface area contributed by atoms with Gasteiger partial charge in [-0.25, -0.2) is 4.39 Å². The number of ketones is 1. The zero-order valence-electron chi connectivity index (χ0n) is 17.8. The minimum Gasteiger partial charge on any atom is -0.868 e. The van der Waals surface area contributed by atoms with E-state index in [1.54, 1.807) is 6.08 Å². The first-order chi connectivity index (χ1) is 15.0. The van der Waals surface area contributed by atoms with Crippen LogP contribution in [0.4, 0.5) is 4.39 Å². The van der Waals surface area contributed by atoms with Crippen LogP contribution in [-0.4, -0.2) is 42.8 Å². The van der Waals surface area contributed by atoms with Gasteiger partial charge in [0.15, 0.2) is 5.78 Å². The monoisotopic (exact) mass is 422 g/mol. The number of nitrogens with zero attached hydrogens (tertiary/aromatic N) is 1. The highest BCUT2D eigenvalue weighted by Crippen LogP contribution is 2.36. The quantitative estimate of drug-likeness (QED) is 0.624. The molecular weight excluding hydrogens is 395 g/mol. The highest BCUT2D eigenvalue weighted by Gasteiger charge is 2.38. The summed E-state index contributed by atoms with van der Waals surface area (Å²) in [6.07, 6.45) is 2.95. The Bertz CT molecular complexity index is 980. The van der Waals surface area contributed by atoms with Crippen LogP contribution in [0.2, 0.25) is 0 Å². The summed E-state index contributed by atoms with van der Waals surface area (Å²) in [5, 5.41) is 12.8. The number of amides is 1. The summed E-state index contributed by atoms with van der Waals surface area (Å²) in [7, 11) is 0. The summed E-state index contributed by atoms with van der Waals surface area (Å²) in [5.41, 5.74) is 1.28. The Kier molecular flexibility index (Phi) is 7.36. The van der Waals surface area contributed by atoms with E-state index in [1.807, 2.05) is 30.3 Å². The van der Waals surface area contributed by atoms with E-state index in [-0.39, 0.29) is 5.57 Å². The molecule has 1 unspecified atom stereocenters. The van der Waals surface area contributed by atoms with Crippen molar-refractivity contribution in [3.63, 3.8) is 0 Å². The van der Waals surface area contributed by atoms with Crippen molar-refractivity contribution in [3.8, 4) is 0 Å². The topological polar surface area (TPSA) is 64.9 Å². The maximum absolute atomic E-state index is 13.5. The van der Waals surface area contributed by atoms with Crippen molar-refractivity contribution in [2.75, 3.05) is 26.2 Å². The number of nitrogens with one attached hydrogen (secondary N) is 1. The molecule has 2 aromatic carbocycles. The Labute approximate surface area is 182 Å². The van der Waals surface area contributed by atoms with Crippen molar-refractivity contribution in [2.24, 2.45) is 0 Å². The Morgan fingerprint density at radius 1 is 1.10 bits per heavy atom. The largest absolute Gasteiger partial charge is 0.868 e. The molecule has 6 heteroatoms. The second kappa shape index (κ2) is 10.2. The molecule has 3 rings (SSSR count). The predicted molar refractivity (Wildman–Crippen MR) is 115 cm³/mol. The predicted octanol–water partition coefficient (Wildman–Crippen LogP) is 1.53. The van der Waals surface area contributed by atoms with Gasteiger partial charge in [0.05, 0.1) is 32.2 Å². The number of halogens is 1. The van der Waals surface area contributed by atoms with Crippen LogP contribution in [0.1, 0.15) is 31.0 Å². The van der Waals surface area contributed by atoms with E-state index < -0.39 is 29.3 Å². The van der Waals surface area contributed by atoms with E-state index in [2.05, 4.69) is 13.8 Å². The molecular formula is C25H27FN2O3. The summed E-state index contributed by atoms with van der Waals surface area (Å²) < 4.78 is 13.5. The fourth-order valence-corrected chi connectivity index (χ4v) is 3.82. The fourth-order valence-electron chi connectivity index (χ4n) is 3.82. The van der Waals surface area contributed by atoms with Crippen molar-refractivity contribution in [1.82, 2.24) is 4.90 Å². The molecule has 0 aliphatic carbocycles. The van der Waals surface area contributed by atoms with Gasteiger partial charge < -0.3 is 14.9 Å². The minimum absolute atomic E-state index is 0.0849. The van der Waals surface area contributed by atoms with Crippen LogP contribution in [0, 0.1) is 5.82 Å². The van der Waals surface area contributed by atoms with Crippen LogP contribution in [0.25, 0.3) is 6.08 Å². The minimum atomic E-state index is -0.816. The number of carbonyl (C=O) groups is 2. The SMILES string of the molecule is CC[NH+](CC)CCN1C(=O)C([O-])=C(C(=O)C=Cc2ccccc2)C1c1ccc(F)cc1. The second-order valence-corrected chi connectivity index (χ2v) is 7.51. The Hall–Kier alpha value is -3.25. The highest BCUT2D eigenvalue weighted by atomic mass is 19.1. The van der Waals surface area contributed by atoms with Crippen LogP contribution in [0.5, 0.6) is 0 Å². The molecule has 0 saturated heterocycles. The standard InChI is InChI=1S/C25H27FN2O3/c1-3-27(4-2)16-17-28-23(19-11-13-20(26)14-12-19)22(24(30)25(28)31)21(29)15-10-18-8-6-5-7-9-18/h5-15,23,30H,3-4,16-17H2,1-2H3. The molecule has 5 nitrogen and oxygen atoms in total. The molecule has 162 valence electrons. The lowest BCUT2D eigenvalue weighted by Gasteiger charge is -2.28. The van der Waals surface area contributed by atoms with E-state index in [1.165, 1.54) is 40.1 Å². The summed E-state index contributed by atoms with van der Waals surface area (Å²) in [6.45, 7) is 6.89. The van der Waals surface area contributed by atoms with Gasteiger partial charge in [0.2, 0.25) is 5.91 Å². The first-order valence-electron chi connectivity index (χ1n) is 10.5. The molecule has 0 spiro atoms. The molecule has 1 aliphatic rings. The fraction of sp³-hybridized carbons (Fsp3) is 0.280. The van der Waals surface area contributed by atoms with Gasteiger partial charge in [0, 0.05) is 5.57 Å². The highest BCUT2D eigenvalue weighted by molar-refractivity contribution is 6.14. The van der Waals surface area contributed by atoms with E-state index in [0.29, 0.717) is 18.7 Å². The van der Waals surface area contributed by atoms with Gasteiger partial charge >= 0.3 is 0 Å². The van der Waals surface area contributed by atoms with Gasteiger partial charge in [-0.3, -0.25) is 9.59 Å². The molecule has 1 N–H and O–H groups in total. The maximum Gasteiger partial charge on any atom is 0.240 e. The molecule has 1 heterocycles. The smallest absolute Gasteiger partial charge is 0.240 e. The normalized spacial score (nSPS) is 16.7. The van der Waals surface area contributed by atoms with Crippen LogP contribution in [0.3, 0.4) is 0 Å². The van der Waals surface area contributed by atoms with Crippen LogP contribution in [0.15, 0.2) is 72.0 Å². The average molecular weight is 423 g/mol. The van der Waals surface area contributed by atoms with E-state index in [4.69, 9.17) is 0 Å². The third-order valence-electron chi connectivity index (χ3n) is 5.67. The van der Waals surface area contributed by atoms with Crippen LogP contribution in [-0.2, 0) is 9.59 Å². The number of hydrogen-bond acceptors (Lipinski definition) is 3. The van der Waals surface area contributed by atoms with Crippen LogP contribution < -0.4 is 10.0 Å². The third-order valence-corrected chi connectivity index (χ3v) is 5.67. The summed E-state index contributed by atoms with van der Waals surface area (Å²) >= 11 is 0. The average Bonchev–Trinajstić information content (AvgIpc) is 3.04. The molecule has 0 radical (unpaired) electrons. The molecule has 0 saturated carbocycles. The maximum atomic E-state index is 13.5. The molecule has 0 aromatic heterocycles. The molecule has 1 aliphatic heterocycles. The van der Waals surface area contributed by atoms with Gasteiger partial charge in [0.25, 0.3) is 0 Å². The number of carbonyl (C=O) groups excluding carboxylic acids is 2. The van der Waals surface area contributed by atoms with Crippen molar-refractivity contribution in [1.29, 1.82) is 0 Å². The Morgan fingerprint density at radius 2 is 1.74 bits per heavy atom. The molecule has 0 fully saturated rings. The lowest BCUT2D eigenvalue weighted by Crippen LogP contribution is -3.12. The Morgan fingerprint density at radius 3 is 2.35 bits per heavy atom. The number of benzene rings is 2. The first kappa shape index (κ1) is 22.4.